The highest BCUT2D eigenvalue weighted by molar-refractivity contribution is 7.76. The van der Waals surface area contributed by atoms with E-state index in [9.17, 15) is 0 Å². The van der Waals surface area contributed by atoms with Gasteiger partial charge in [0, 0.05) is 5.92 Å². The monoisotopic (exact) mass is 486 g/mol. The van der Waals surface area contributed by atoms with Crippen molar-refractivity contribution in [1.29, 1.82) is 0 Å². The van der Waals surface area contributed by atoms with Gasteiger partial charge in [0.2, 0.25) is 0 Å². The molecular weight excluding hydrogens is 446 g/mol. The number of hydrogen-bond donors (Lipinski definition) is 0. The summed E-state index contributed by atoms with van der Waals surface area (Å²) in [6.45, 7) is 12.4. The Morgan fingerprint density at radius 3 is 1.71 bits per heavy atom. The highest BCUT2D eigenvalue weighted by Gasteiger charge is 2.38. The van der Waals surface area contributed by atoms with Crippen LogP contribution in [0, 0.1) is 17.8 Å². The fourth-order valence-corrected chi connectivity index (χ4v) is 12.5. The number of allylic oxidation sites excluding steroid dienone is 8. The Morgan fingerprint density at radius 2 is 1.21 bits per heavy atom. The molecule has 0 spiro atoms. The highest BCUT2D eigenvalue weighted by Crippen LogP contribution is 2.61. The normalized spacial score (nSPS) is 19.7. The molecule has 4 rings (SSSR count). The van der Waals surface area contributed by atoms with E-state index in [0.29, 0.717) is 23.4 Å². The first-order valence-electron chi connectivity index (χ1n) is 12.9. The SMILES string of the molecule is CC(C)P(C(C)C)[C@@H](C[C@H](C)C1C=CC=C1)C1C=CC=C1P(c1ccccc1)c1ccccc1. The summed E-state index contributed by atoms with van der Waals surface area (Å²) in [4.78, 5) is 0. The molecule has 0 fully saturated rings. The summed E-state index contributed by atoms with van der Waals surface area (Å²) in [6.07, 6.45) is 17.9. The smallest absolute Gasteiger partial charge is 0.00996 e. The van der Waals surface area contributed by atoms with E-state index in [2.05, 4.69) is 138 Å². The van der Waals surface area contributed by atoms with Gasteiger partial charge in [0.1, 0.15) is 0 Å². The van der Waals surface area contributed by atoms with E-state index in [1.165, 1.54) is 17.0 Å². The molecule has 34 heavy (non-hydrogen) atoms. The van der Waals surface area contributed by atoms with Crippen LogP contribution in [0.5, 0.6) is 0 Å². The zero-order chi connectivity index (χ0) is 24.1. The lowest BCUT2D eigenvalue weighted by atomic mass is 9.88. The second kappa shape index (κ2) is 11.8. The van der Waals surface area contributed by atoms with Gasteiger partial charge in [-0.3, -0.25) is 0 Å². The maximum Gasteiger partial charge on any atom is 0.00996 e. The number of benzene rings is 2. The van der Waals surface area contributed by atoms with E-state index in [0.717, 1.165) is 11.3 Å². The van der Waals surface area contributed by atoms with Gasteiger partial charge in [0.15, 0.2) is 0 Å². The van der Waals surface area contributed by atoms with Crippen LogP contribution in [0.15, 0.2) is 109 Å². The maximum atomic E-state index is 2.55. The Morgan fingerprint density at radius 1 is 0.676 bits per heavy atom. The van der Waals surface area contributed by atoms with Gasteiger partial charge in [0.05, 0.1) is 0 Å². The van der Waals surface area contributed by atoms with Crippen molar-refractivity contribution in [2.75, 3.05) is 0 Å². The standard InChI is InChI=1S/C32H40P2/c1-24(2)33(25(3)4)32(23-26(5)27-15-12-13-16-27)30-21-14-22-31(30)34(28-17-8-6-9-18-28)29-19-10-7-11-20-29/h6-22,24-27,30,32H,23H2,1-5H3/t26-,30?,32-/m0/s1. The van der Waals surface area contributed by atoms with Gasteiger partial charge in [-0.1, -0.05) is 146 Å². The lowest BCUT2D eigenvalue weighted by Gasteiger charge is -2.41. The molecule has 0 aromatic heterocycles. The minimum Gasteiger partial charge on any atom is -0.0973 e. The van der Waals surface area contributed by atoms with Crippen LogP contribution in [0.3, 0.4) is 0 Å². The fourth-order valence-electron chi connectivity index (χ4n) is 5.82. The van der Waals surface area contributed by atoms with Crippen molar-refractivity contribution in [2.45, 2.75) is 58.0 Å². The van der Waals surface area contributed by atoms with Crippen molar-refractivity contribution in [3.63, 3.8) is 0 Å². The van der Waals surface area contributed by atoms with Crippen LogP contribution in [0.1, 0.15) is 41.0 Å². The highest BCUT2D eigenvalue weighted by atomic mass is 31.1. The molecule has 0 nitrogen and oxygen atoms in total. The largest absolute Gasteiger partial charge is 0.0973 e. The Kier molecular flexibility index (Phi) is 8.80. The van der Waals surface area contributed by atoms with Crippen LogP contribution in [0.25, 0.3) is 0 Å². The average Bonchev–Trinajstić information content (AvgIpc) is 3.53. The van der Waals surface area contributed by atoms with E-state index in [4.69, 9.17) is 0 Å². The molecule has 2 aliphatic rings. The predicted octanol–water partition coefficient (Wildman–Crippen LogP) is 8.62. The molecule has 2 aliphatic carbocycles. The van der Waals surface area contributed by atoms with E-state index in [-0.39, 0.29) is 7.92 Å². The predicted molar refractivity (Wildman–Crippen MR) is 156 cm³/mol. The third-order valence-corrected chi connectivity index (χ3v) is 13.5. The van der Waals surface area contributed by atoms with Crippen molar-refractivity contribution < 1.29 is 0 Å². The number of hydrogen-bond acceptors (Lipinski definition) is 0. The van der Waals surface area contributed by atoms with Gasteiger partial charge < -0.3 is 0 Å². The van der Waals surface area contributed by atoms with Crippen molar-refractivity contribution >= 4 is 26.5 Å². The van der Waals surface area contributed by atoms with Gasteiger partial charge in [-0.2, -0.15) is 0 Å². The fraction of sp³-hybridized carbons (Fsp3) is 0.375. The molecule has 0 saturated carbocycles. The topological polar surface area (TPSA) is 0 Å². The second-order valence-corrected chi connectivity index (χ2v) is 16.1. The van der Waals surface area contributed by atoms with Crippen LogP contribution in [-0.2, 0) is 0 Å². The summed E-state index contributed by atoms with van der Waals surface area (Å²) in [5, 5.41) is 4.59. The van der Waals surface area contributed by atoms with Crippen molar-refractivity contribution in [3.8, 4) is 0 Å². The first-order valence-corrected chi connectivity index (χ1v) is 15.8. The molecule has 0 heterocycles. The molecule has 1 unspecified atom stereocenters. The molecule has 178 valence electrons. The molecule has 2 aromatic rings. The molecule has 3 atom stereocenters. The Labute approximate surface area is 210 Å². The average molecular weight is 487 g/mol. The minimum absolute atomic E-state index is 0.119. The first kappa shape index (κ1) is 25.4. The quantitative estimate of drug-likeness (QED) is 0.295. The number of rotatable bonds is 10. The zero-order valence-electron chi connectivity index (χ0n) is 21.4. The van der Waals surface area contributed by atoms with Crippen LogP contribution >= 0.6 is 15.8 Å². The molecule has 0 saturated heterocycles. The maximum absolute atomic E-state index is 2.55. The van der Waals surface area contributed by atoms with Gasteiger partial charge in [0.25, 0.3) is 0 Å². The summed E-state index contributed by atoms with van der Waals surface area (Å²) in [7, 11) is -0.660. The molecule has 2 aromatic carbocycles. The van der Waals surface area contributed by atoms with E-state index >= 15 is 0 Å². The molecule has 2 heteroatoms. The van der Waals surface area contributed by atoms with Crippen LogP contribution in [0.2, 0.25) is 0 Å². The van der Waals surface area contributed by atoms with Crippen molar-refractivity contribution in [3.05, 3.63) is 109 Å². The molecule has 0 aliphatic heterocycles. The zero-order valence-corrected chi connectivity index (χ0v) is 23.2. The minimum atomic E-state index is -0.541. The summed E-state index contributed by atoms with van der Waals surface area (Å²) in [5.41, 5.74) is 2.17. The third-order valence-electron chi connectivity index (χ3n) is 7.25. The Bertz CT molecular complexity index is 970. The van der Waals surface area contributed by atoms with E-state index in [1.54, 1.807) is 5.31 Å². The van der Waals surface area contributed by atoms with Gasteiger partial charge in [-0.25, -0.2) is 0 Å². The van der Waals surface area contributed by atoms with Gasteiger partial charge >= 0.3 is 0 Å². The summed E-state index contributed by atoms with van der Waals surface area (Å²) < 4.78 is 0. The second-order valence-electron chi connectivity index (χ2n) is 10.3. The first-order chi connectivity index (χ1) is 16.5. The van der Waals surface area contributed by atoms with Crippen molar-refractivity contribution in [1.82, 2.24) is 0 Å². The van der Waals surface area contributed by atoms with Crippen LogP contribution in [0.4, 0.5) is 0 Å². The molecular formula is C32H40P2. The lowest BCUT2D eigenvalue weighted by molar-refractivity contribution is 0.435. The van der Waals surface area contributed by atoms with Crippen molar-refractivity contribution in [2.24, 2.45) is 17.8 Å². The van der Waals surface area contributed by atoms with Crippen LogP contribution in [-0.4, -0.2) is 17.0 Å². The molecule has 0 amide bonds. The summed E-state index contributed by atoms with van der Waals surface area (Å²) in [6, 6.07) is 22.5. The summed E-state index contributed by atoms with van der Waals surface area (Å²) in [5.74, 6) is 1.78. The molecule has 0 radical (unpaired) electrons. The lowest BCUT2D eigenvalue weighted by Crippen LogP contribution is -2.29. The van der Waals surface area contributed by atoms with Crippen LogP contribution < -0.4 is 10.6 Å². The van der Waals surface area contributed by atoms with Gasteiger partial charge in [-0.05, 0) is 59.1 Å². The Hall–Kier alpha value is -1.74. The van der Waals surface area contributed by atoms with E-state index < -0.39 is 7.92 Å². The Balaban J connectivity index is 1.74. The summed E-state index contributed by atoms with van der Waals surface area (Å²) >= 11 is 0. The molecule has 0 N–H and O–H groups in total. The van der Waals surface area contributed by atoms with Gasteiger partial charge in [-0.15, -0.1) is 0 Å². The van der Waals surface area contributed by atoms with E-state index in [1.807, 2.05) is 0 Å². The third kappa shape index (κ3) is 5.73. The molecule has 0 bridgehead atoms.